The standard InChI is InChI=1S/C20H25ClN2/c1-12-16-10-19-20-15(14-4-2-3-5-18(14)22-20)8-9-23(19)11-13(16)6-7-17(12)21/h2-5,12-13,16-17,19,22H,6-11H2,1H3/t12-,13+,16-,17-,19+/m1/s1. The Bertz CT molecular complexity index is 736. The third-order valence-electron chi connectivity index (χ3n) is 6.90. The number of hydrogen-bond acceptors (Lipinski definition) is 1. The van der Waals surface area contributed by atoms with Gasteiger partial charge >= 0.3 is 0 Å². The predicted octanol–water partition coefficient (Wildman–Crippen LogP) is 4.74. The number of fused-ring (bicyclic) bond motifs is 6. The van der Waals surface area contributed by atoms with E-state index in [-0.39, 0.29) is 0 Å². The number of hydrogen-bond donors (Lipinski definition) is 1. The summed E-state index contributed by atoms with van der Waals surface area (Å²) in [6, 6.07) is 9.39. The van der Waals surface area contributed by atoms with E-state index in [0.29, 0.717) is 17.3 Å². The number of rotatable bonds is 0. The molecule has 122 valence electrons. The maximum absolute atomic E-state index is 6.61. The predicted molar refractivity (Wildman–Crippen MR) is 96.0 cm³/mol. The molecule has 1 saturated heterocycles. The Hall–Kier alpha value is -0.990. The van der Waals surface area contributed by atoms with E-state index in [2.05, 4.69) is 41.1 Å². The lowest BCUT2D eigenvalue weighted by atomic mass is 9.66. The van der Waals surface area contributed by atoms with Crippen molar-refractivity contribution in [2.24, 2.45) is 17.8 Å². The van der Waals surface area contributed by atoms with Gasteiger partial charge in [0.25, 0.3) is 0 Å². The monoisotopic (exact) mass is 328 g/mol. The van der Waals surface area contributed by atoms with Gasteiger partial charge in [-0.2, -0.15) is 0 Å². The van der Waals surface area contributed by atoms with Crippen molar-refractivity contribution in [3.05, 3.63) is 35.5 Å². The maximum Gasteiger partial charge on any atom is 0.0504 e. The highest BCUT2D eigenvalue weighted by atomic mass is 35.5. The Morgan fingerprint density at radius 2 is 2.09 bits per heavy atom. The third kappa shape index (κ3) is 2.11. The van der Waals surface area contributed by atoms with Gasteiger partial charge in [0.2, 0.25) is 0 Å². The molecule has 2 nitrogen and oxygen atoms in total. The molecule has 0 radical (unpaired) electrons. The highest BCUT2D eigenvalue weighted by molar-refractivity contribution is 6.20. The van der Waals surface area contributed by atoms with Crippen LogP contribution in [0.4, 0.5) is 0 Å². The fraction of sp³-hybridized carbons (Fsp3) is 0.600. The topological polar surface area (TPSA) is 19.0 Å². The number of alkyl halides is 1. The minimum atomic E-state index is 0.383. The van der Waals surface area contributed by atoms with Crippen LogP contribution in [-0.4, -0.2) is 28.4 Å². The molecule has 0 unspecified atom stereocenters. The van der Waals surface area contributed by atoms with Gasteiger partial charge in [-0.1, -0.05) is 25.1 Å². The van der Waals surface area contributed by atoms with E-state index in [9.17, 15) is 0 Å². The molecule has 5 rings (SSSR count). The Kier molecular flexibility index (Phi) is 3.28. The molecule has 3 aliphatic rings. The van der Waals surface area contributed by atoms with Crippen molar-refractivity contribution in [3.8, 4) is 0 Å². The lowest BCUT2D eigenvalue weighted by molar-refractivity contribution is 0.00772. The molecule has 23 heavy (non-hydrogen) atoms. The van der Waals surface area contributed by atoms with E-state index in [0.717, 1.165) is 11.8 Å². The summed E-state index contributed by atoms with van der Waals surface area (Å²) in [6.45, 7) is 4.89. The number of piperidine rings is 1. The summed E-state index contributed by atoms with van der Waals surface area (Å²) in [4.78, 5) is 6.51. The van der Waals surface area contributed by atoms with Crippen LogP contribution in [0.3, 0.4) is 0 Å². The molecule has 0 bridgehead atoms. The molecule has 3 heteroatoms. The largest absolute Gasteiger partial charge is 0.357 e. The molecular weight excluding hydrogens is 304 g/mol. The molecule has 1 aromatic heterocycles. The smallest absolute Gasteiger partial charge is 0.0504 e. The fourth-order valence-corrected chi connectivity index (χ4v) is 5.91. The van der Waals surface area contributed by atoms with Gasteiger partial charge in [0.15, 0.2) is 0 Å². The first-order valence-electron chi connectivity index (χ1n) is 9.20. The number of nitrogens with one attached hydrogen (secondary N) is 1. The van der Waals surface area contributed by atoms with E-state index in [1.807, 2.05) is 0 Å². The summed E-state index contributed by atoms with van der Waals surface area (Å²) >= 11 is 6.61. The van der Waals surface area contributed by atoms with Crippen molar-refractivity contribution in [3.63, 3.8) is 0 Å². The Morgan fingerprint density at radius 3 is 3.00 bits per heavy atom. The molecule has 2 fully saturated rings. The number of halogens is 1. The molecule has 1 N–H and O–H groups in total. The molecule has 0 spiro atoms. The van der Waals surface area contributed by atoms with E-state index in [4.69, 9.17) is 11.6 Å². The Labute approximate surface area is 143 Å². The number of aromatic amines is 1. The maximum atomic E-state index is 6.61. The number of aromatic nitrogens is 1. The molecule has 1 aliphatic carbocycles. The van der Waals surface area contributed by atoms with Gasteiger partial charge in [-0.25, -0.2) is 0 Å². The first-order chi connectivity index (χ1) is 11.2. The van der Waals surface area contributed by atoms with Gasteiger partial charge in [-0.05, 0) is 55.1 Å². The van der Waals surface area contributed by atoms with Crippen LogP contribution in [0.2, 0.25) is 0 Å². The third-order valence-corrected chi connectivity index (χ3v) is 7.51. The summed E-state index contributed by atoms with van der Waals surface area (Å²) in [6.07, 6.45) is 5.02. The summed E-state index contributed by atoms with van der Waals surface area (Å²) in [5.74, 6) is 2.32. The van der Waals surface area contributed by atoms with Gasteiger partial charge in [0, 0.05) is 35.1 Å². The van der Waals surface area contributed by atoms with Crippen LogP contribution in [-0.2, 0) is 6.42 Å². The Morgan fingerprint density at radius 1 is 1.22 bits per heavy atom. The number of para-hydroxylation sites is 1. The van der Waals surface area contributed by atoms with E-state index in [1.54, 1.807) is 5.56 Å². The fourth-order valence-electron chi connectivity index (χ4n) is 5.59. The molecule has 1 aromatic carbocycles. The van der Waals surface area contributed by atoms with Crippen LogP contribution in [0.5, 0.6) is 0 Å². The highest BCUT2D eigenvalue weighted by Gasteiger charge is 2.45. The second-order valence-corrected chi connectivity index (χ2v) is 8.50. The number of benzene rings is 1. The van der Waals surface area contributed by atoms with Crippen molar-refractivity contribution < 1.29 is 0 Å². The molecule has 2 aliphatic heterocycles. The zero-order chi connectivity index (χ0) is 15.6. The van der Waals surface area contributed by atoms with Crippen LogP contribution in [0.15, 0.2) is 24.3 Å². The van der Waals surface area contributed by atoms with Crippen LogP contribution < -0.4 is 0 Å². The molecule has 3 heterocycles. The average molecular weight is 329 g/mol. The second kappa shape index (κ2) is 5.26. The number of nitrogens with zero attached hydrogens (tertiary/aromatic N) is 1. The lowest BCUT2D eigenvalue weighted by Gasteiger charge is -2.51. The summed E-state index contributed by atoms with van der Waals surface area (Å²) < 4.78 is 0. The zero-order valence-electron chi connectivity index (χ0n) is 13.8. The van der Waals surface area contributed by atoms with Gasteiger partial charge in [0.1, 0.15) is 0 Å². The van der Waals surface area contributed by atoms with Crippen LogP contribution in [0.25, 0.3) is 10.9 Å². The molecule has 1 saturated carbocycles. The van der Waals surface area contributed by atoms with Gasteiger partial charge in [-0.15, -0.1) is 11.6 Å². The normalized spacial score (nSPS) is 37.2. The highest BCUT2D eigenvalue weighted by Crippen LogP contribution is 2.49. The van der Waals surface area contributed by atoms with Gasteiger partial charge in [-0.3, -0.25) is 4.90 Å². The molecule has 0 amide bonds. The first-order valence-corrected chi connectivity index (χ1v) is 9.63. The first kappa shape index (κ1) is 14.4. The quantitative estimate of drug-likeness (QED) is 0.692. The molecule has 2 aromatic rings. The van der Waals surface area contributed by atoms with Crippen molar-refractivity contribution >= 4 is 22.5 Å². The lowest BCUT2D eigenvalue weighted by Crippen LogP contribution is -2.50. The average Bonchev–Trinajstić information content (AvgIpc) is 2.96. The van der Waals surface area contributed by atoms with Crippen molar-refractivity contribution in [2.45, 2.75) is 44.0 Å². The molecule has 5 atom stereocenters. The summed E-state index contributed by atoms with van der Waals surface area (Å²) in [5.41, 5.74) is 4.39. The minimum absolute atomic E-state index is 0.383. The Balaban J connectivity index is 1.54. The van der Waals surface area contributed by atoms with Crippen LogP contribution in [0, 0.1) is 17.8 Å². The minimum Gasteiger partial charge on any atom is -0.357 e. The van der Waals surface area contributed by atoms with Crippen molar-refractivity contribution in [1.29, 1.82) is 0 Å². The SMILES string of the molecule is C[C@@H]1[C@H]2C[C@H]3c4[nH]c5ccccc5c4CCN3C[C@@H]2CC[C@H]1Cl. The van der Waals surface area contributed by atoms with Crippen molar-refractivity contribution in [1.82, 2.24) is 9.88 Å². The van der Waals surface area contributed by atoms with Gasteiger partial charge < -0.3 is 4.98 Å². The van der Waals surface area contributed by atoms with E-state index < -0.39 is 0 Å². The zero-order valence-corrected chi connectivity index (χ0v) is 14.5. The van der Waals surface area contributed by atoms with Crippen LogP contribution >= 0.6 is 11.6 Å². The van der Waals surface area contributed by atoms with E-state index in [1.165, 1.54) is 55.4 Å². The second-order valence-electron chi connectivity index (χ2n) is 7.94. The summed E-state index contributed by atoms with van der Waals surface area (Å²) in [5, 5.41) is 1.82. The van der Waals surface area contributed by atoms with Gasteiger partial charge in [0.05, 0.1) is 6.04 Å². The van der Waals surface area contributed by atoms with E-state index >= 15 is 0 Å². The number of H-pyrrole nitrogens is 1. The molecular formula is C20H25ClN2. The van der Waals surface area contributed by atoms with Crippen molar-refractivity contribution in [2.75, 3.05) is 13.1 Å². The van der Waals surface area contributed by atoms with Crippen LogP contribution in [0.1, 0.15) is 43.5 Å². The summed E-state index contributed by atoms with van der Waals surface area (Å²) in [7, 11) is 0.